The highest BCUT2D eigenvalue weighted by Gasteiger charge is 2.38. The third-order valence-corrected chi connectivity index (χ3v) is 5.64. The van der Waals surface area contributed by atoms with Crippen LogP contribution in [0.5, 0.6) is 5.75 Å². The third-order valence-electron chi connectivity index (χ3n) is 5.64. The van der Waals surface area contributed by atoms with Crippen molar-refractivity contribution in [2.75, 3.05) is 39.3 Å². The lowest BCUT2D eigenvalue weighted by molar-refractivity contribution is -0.123. The second kappa shape index (κ2) is 10.8. The van der Waals surface area contributed by atoms with Crippen LogP contribution in [0.15, 0.2) is 18.2 Å². The molecule has 2 aliphatic rings. The summed E-state index contributed by atoms with van der Waals surface area (Å²) in [5.74, 6) is -1.72. The number of carboxylic acids is 1. The second-order valence-corrected chi connectivity index (χ2v) is 7.84. The number of nitrogens with one attached hydrogen (secondary N) is 3. The number of likely N-dealkylation sites (tertiary alicyclic amines) is 1. The summed E-state index contributed by atoms with van der Waals surface area (Å²) in [6.07, 6.45) is 2.32. The molecule has 1 unspecified atom stereocenters. The molecule has 10 heteroatoms. The minimum absolute atomic E-state index is 0.0123. The van der Waals surface area contributed by atoms with Crippen LogP contribution in [0.2, 0.25) is 0 Å². The average Bonchev–Trinajstić information content (AvgIpc) is 2.72. The zero-order valence-electron chi connectivity index (χ0n) is 17.4. The molecule has 0 radical (unpaired) electrons. The number of nitrogens with zero attached hydrogens (tertiary/aromatic N) is 1. The number of fused-ring (bicyclic) bond motifs is 1. The Morgan fingerprint density at radius 3 is 2.73 bits per heavy atom. The summed E-state index contributed by atoms with van der Waals surface area (Å²) in [7, 11) is -1.28. The lowest BCUT2D eigenvalue weighted by Crippen LogP contribution is -2.55. The van der Waals surface area contributed by atoms with Crippen molar-refractivity contribution in [1.29, 1.82) is 0 Å². The first kappa shape index (κ1) is 22.5. The van der Waals surface area contributed by atoms with Gasteiger partial charge in [-0.3, -0.25) is 9.69 Å². The van der Waals surface area contributed by atoms with E-state index < -0.39 is 19.0 Å². The summed E-state index contributed by atoms with van der Waals surface area (Å²) < 4.78 is 5.43. The molecule has 1 aromatic rings. The minimum atomic E-state index is -1.28. The van der Waals surface area contributed by atoms with Crippen LogP contribution < -0.4 is 20.6 Å². The Bertz CT molecular complexity index is 742. The first-order chi connectivity index (χ1) is 14.5. The van der Waals surface area contributed by atoms with E-state index in [2.05, 4.69) is 27.8 Å². The van der Waals surface area contributed by atoms with Crippen LogP contribution in [0.1, 0.15) is 35.7 Å². The van der Waals surface area contributed by atoms with E-state index in [0.29, 0.717) is 18.0 Å². The number of likely N-dealkylation sites (N-methyl/N-ethyl adjacent to an activating group) is 1. The fraction of sp³-hybridized carbons (Fsp3) is 0.600. The molecular weight excluding hydrogens is 387 g/mol. The molecule has 1 saturated heterocycles. The lowest BCUT2D eigenvalue weighted by atomic mass is 9.72. The van der Waals surface area contributed by atoms with Gasteiger partial charge in [0.15, 0.2) is 0 Å². The van der Waals surface area contributed by atoms with Crippen LogP contribution in [0.4, 0.5) is 0 Å². The number of amides is 1. The predicted molar refractivity (Wildman–Crippen MR) is 114 cm³/mol. The van der Waals surface area contributed by atoms with E-state index in [0.717, 1.165) is 45.6 Å². The van der Waals surface area contributed by atoms with Crippen molar-refractivity contribution in [3.63, 3.8) is 0 Å². The van der Waals surface area contributed by atoms with Gasteiger partial charge in [-0.1, -0.05) is 19.1 Å². The molecule has 30 heavy (non-hydrogen) atoms. The smallest absolute Gasteiger partial charge is 0.534 e. The summed E-state index contributed by atoms with van der Waals surface area (Å²) in [6.45, 7) is 6.94. The predicted octanol–water partition coefficient (Wildman–Crippen LogP) is -0.512. The molecule has 0 saturated carbocycles. The summed E-state index contributed by atoms with van der Waals surface area (Å²) in [6, 6.07) is 5.31. The largest absolute Gasteiger partial charge is 0.547 e. The van der Waals surface area contributed by atoms with E-state index in [9.17, 15) is 19.7 Å². The zero-order valence-corrected chi connectivity index (χ0v) is 17.4. The number of para-hydroxylation sites is 1. The van der Waals surface area contributed by atoms with Crippen LogP contribution in [-0.2, 0) is 11.2 Å². The summed E-state index contributed by atoms with van der Waals surface area (Å²) in [5.41, 5.74) is 0.674. The van der Waals surface area contributed by atoms with Crippen molar-refractivity contribution in [2.45, 2.75) is 38.2 Å². The van der Waals surface area contributed by atoms with Crippen molar-refractivity contribution in [1.82, 2.24) is 20.9 Å². The van der Waals surface area contributed by atoms with Crippen LogP contribution >= 0.6 is 0 Å². The molecule has 0 aromatic heterocycles. The number of carbonyl (C=O) groups is 2. The SMILES string of the molecule is CCNCCNC1CCN(CC(=O)NC2Cc3cccc(C(=O)O)c3OB2O)CC1. The first-order valence-electron chi connectivity index (χ1n) is 10.6. The zero-order chi connectivity index (χ0) is 21.5. The van der Waals surface area contributed by atoms with Crippen molar-refractivity contribution in [3.05, 3.63) is 29.3 Å². The number of aromatic carboxylic acids is 1. The highest BCUT2D eigenvalue weighted by molar-refractivity contribution is 6.47. The average molecular weight is 418 g/mol. The molecule has 5 N–H and O–H groups in total. The van der Waals surface area contributed by atoms with E-state index in [1.165, 1.54) is 6.07 Å². The monoisotopic (exact) mass is 418 g/mol. The van der Waals surface area contributed by atoms with E-state index in [4.69, 9.17) is 4.65 Å². The number of rotatable bonds is 9. The van der Waals surface area contributed by atoms with Gasteiger partial charge in [-0.05, 0) is 37.4 Å². The minimum Gasteiger partial charge on any atom is -0.534 e. The van der Waals surface area contributed by atoms with E-state index in [1.807, 2.05) is 0 Å². The summed E-state index contributed by atoms with van der Waals surface area (Å²) in [5, 5.41) is 29.2. The highest BCUT2D eigenvalue weighted by atomic mass is 16.5. The first-order valence-corrected chi connectivity index (χ1v) is 10.6. The Balaban J connectivity index is 1.45. The van der Waals surface area contributed by atoms with E-state index in [-0.39, 0.29) is 23.8 Å². The fourth-order valence-corrected chi connectivity index (χ4v) is 4.01. The number of benzene rings is 1. The van der Waals surface area contributed by atoms with Gasteiger partial charge in [-0.2, -0.15) is 0 Å². The molecule has 0 bridgehead atoms. The molecule has 1 atom stereocenters. The van der Waals surface area contributed by atoms with Gasteiger partial charge < -0.3 is 30.7 Å². The highest BCUT2D eigenvalue weighted by Crippen LogP contribution is 2.30. The topological polar surface area (TPSA) is 123 Å². The summed E-state index contributed by atoms with van der Waals surface area (Å²) >= 11 is 0. The Kier molecular flexibility index (Phi) is 8.09. The molecule has 0 aliphatic carbocycles. The van der Waals surface area contributed by atoms with Crippen LogP contribution in [0.3, 0.4) is 0 Å². The van der Waals surface area contributed by atoms with Gasteiger partial charge in [0.1, 0.15) is 5.75 Å². The molecule has 164 valence electrons. The molecule has 2 heterocycles. The van der Waals surface area contributed by atoms with Gasteiger partial charge in [0.25, 0.3) is 0 Å². The van der Waals surface area contributed by atoms with Gasteiger partial charge >= 0.3 is 13.1 Å². The molecule has 2 aliphatic heterocycles. The number of carboxylic acid groups (broad SMARTS) is 1. The Morgan fingerprint density at radius 2 is 2.03 bits per heavy atom. The molecule has 1 fully saturated rings. The number of carbonyl (C=O) groups excluding carboxylic acids is 1. The third kappa shape index (κ3) is 5.94. The number of hydrogen-bond acceptors (Lipinski definition) is 7. The van der Waals surface area contributed by atoms with E-state index in [1.54, 1.807) is 12.1 Å². The van der Waals surface area contributed by atoms with Gasteiger partial charge in [0.05, 0.1) is 18.0 Å². The van der Waals surface area contributed by atoms with Gasteiger partial charge in [-0.25, -0.2) is 4.79 Å². The molecule has 1 amide bonds. The Labute approximate surface area is 177 Å². The Hall–Kier alpha value is -2.14. The molecule has 3 rings (SSSR count). The molecule has 0 spiro atoms. The normalized spacial score (nSPS) is 19.8. The lowest BCUT2D eigenvalue weighted by Gasteiger charge is -2.33. The second-order valence-electron chi connectivity index (χ2n) is 7.84. The van der Waals surface area contributed by atoms with Gasteiger partial charge in [0.2, 0.25) is 5.91 Å². The van der Waals surface area contributed by atoms with Crippen LogP contribution in [0, 0.1) is 0 Å². The summed E-state index contributed by atoms with van der Waals surface area (Å²) in [4.78, 5) is 25.9. The molecule has 9 nitrogen and oxygen atoms in total. The number of piperidine rings is 1. The fourth-order valence-electron chi connectivity index (χ4n) is 4.01. The van der Waals surface area contributed by atoms with Crippen molar-refractivity contribution in [2.24, 2.45) is 0 Å². The van der Waals surface area contributed by atoms with Gasteiger partial charge in [0, 0.05) is 32.2 Å². The van der Waals surface area contributed by atoms with Gasteiger partial charge in [-0.15, -0.1) is 0 Å². The van der Waals surface area contributed by atoms with Crippen LogP contribution in [-0.4, -0.2) is 85.3 Å². The Morgan fingerprint density at radius 1 is 1.27 bits per heavy atom. The van der Waals surface area contributed by atoms with Crippen LogP contribution in [0.25, 0.3) is 0 Å². The quantitative estimate of drug-likeness (QED) is 0.269. The van der Waals surface area contributed by atoms with Crippen molar-refractivity contribution < 1.29 is 24.4 Å². The maximum absolute atomic E-state index is 12.5. The number of hydrogen-bond donors (Lipinski definition) is 5. The van der Waals surface area contributed by atoms with E-state index >= 15 is 0 Å². The van der Waals surface area contributed by atoms with Crippen molar-refractivity contribution in [3.8, 4) is 5.75 Å². The molecule has 1 aromatic carbocycles. The standard InChI is InChI=1S/C20H31BN4O5/c1-2-22-8-9-23-15-6-10-25(11-7-15)13-18(26)24-17-12-14-4-3-5-16(20(27)28)19(14)30-21(17)29/h3-5,15,17,22-23,29H,2,6-13H2,1H3,(H,24,26)(H,27,28). The van der Waals surface area contributed by atoms with Crippen molar-refractivity contribution >= 4 is 19.0 Å². The maximum atomic E-state index is 12.5. The molecular formula is C20H31BN4O5. The maximum Gasteiger partial charge on any atom is 0.547 e.